The Hall–Kier alpha value is -2.47. The van der Waals surface area contributed by atoms with E-state index in [9.17, 15) is 10.1 Å². The van der Waals surface area contributed by atoms with Gasteiger partial charge >= 0.3 is 0 Å². The Morgan fingerprint density at radius 3 is 2.82 bits per heavy atom. The van der Waals surface area contributed by atoms with E-state index < -0.39 is 4.92 Å². The lowest BCUT2D eigenvalue weighted by molar-refractivity contribution is -0.385. The molecule has 0 saturated carbocycles. The molecule has 1 aliphatic heterocycles. The Morgan fingerprint density at radius 1 is 1.32 bits per heavy atom. The number of hydrogen-bond donors (Lipinski definition) is 0. The highest BCUT2D eigenvalue weighted by Gasteiger charge is 2.24. The minimum atomic E-state index is -0.438. The first-order valence-electron chi connectivity index (χ1n) is 7.17. The molecule has 0 bridgehead atoms. The predicted molar refractivity (Wildman–Crippen MR) is 83.0 cm³/mol. The summed E-state index contributed by atoms with van der Waals surface area (Å²) in [6.07, 6.45) is 1.29. The molecule has 3 rings (SSSR count). The van der Waals surface area contributed by atoms with Gasteiger partial charge < -0.3 is 9.64 Å². The molecule has 1 unspecified atom stereocenters. The van der Waals surface area contributed by atoms with E-state index in [1.807, 2.05) is 12.1 Å². The number of anilines is 1. The van der Waals surface area contributed by atoms with E-state index in [4.69, 9.17) is 4.74 Å². The third-order valence-corrected chi connectivity index (χ3v) is 3.87. The van der Waals surface area contributed by atoms with Crippen molar-refractivity contribution in [2.45, 2.75) is 13.0 Å². The monoisotopic (exact) mass is 299 g/mol. The first kappa shape index (κ1) is 14.5. The molecular weight excluding hydrogens is 282 g/mol. The molecular formula is C16H17N3O3. The summed E-state index contributed by atoms with van der Waals surface area (Å²) in [5, 5.41) is 10.7. The minimum Gasteiger partial charge on any atom is -0.370 e. The Kier molecular flexibility index (Phi) is 4.02. The highest BCUT2D eigenvalue weighted by atomic mass is 16.6. The number of aryl methyl sites for hydroxylation is 1. The molecule has 0 aliphatic carbocycles. The summed E-state index contributed by atoms with van der Waals surface area (Å²) >= 11 is 0. The van der Waals surface area contributed by atoms with E-state index >= 15 is 0 Å². The Balaban J connectivity index is 1.78. The van der Waals surface area contributed by atoms with Crippen LogP contribution < -0.4 is 4.90 Å². The molecule has 0 spiro atoms. The van der Waals surface area contributed by atoms with Gasteiger partial charge in [-0.25, -0.2) is 4.98 Å². The summed E-state index contributed by atoms with van der Waals surface area (Å²) in [7, 11) is 0. The summed E-state index contributed by atoms with van der Waals surface area (Å²) < 4.78 is 5.88. The summed E-state index contributed by atoms with van der Waals surface area (Å²) in [6.45, 7) is 4.10. The lowest BCUT2D eigenvalue weighted by Gasteiger charge is -2.34. The molecule has 1 aromatic carbocycles. The number of pyridine rings is 1. The average Bonchev–Trinajstić information content (AvgIpc) is 2.55. The van der Waals surface area contributed by atoms with E-state index in [1.165, 1.54) is 23.4 Å². The fourth-order valence-electron chi connectivity index (χ4n) is 2.67. The average molecular weight is 299 g/mol. The van der Waals surface area contributed by atoms with Crippen LogP contribution in [0.3, 0.4) is 0 Å². The molecule has 1 aromatic heterocycles. The van der Waals surface area contributed by atoms with E-state index in [-0.39, 0.29) is 11.8 Å². The van der Waals surface area contributed by atoms with Crippen molar-refractivity contribution in [2.24, 2.45) is 0 Å². The van der Waals surface area contributed by atoms with Crippen molar-refractivity contribution in [2.75, 3.05) is 24.6 Å². The zero-order valence-electron chi connectivity index (χ0n) is 12.3. The van der Waals surface area contributed by atoms with Crippen LogP contribution >= 0.6 is 0 Å². The summed E-state index contributed by atoms with van der Waals surface area (Å²) in [5.41, 5.74) is 2.38. The predicted octanol–water partition coefficient (Wildman–Crippen LogP) is 2.88. The second kappa shape index (κ2) is 6.11. The van der Waals surface area contributed by atoms with Crippen LogP contribution in [0.15, 0.2) is 42.6 Å². The maximum absolute atomic E-state index is 10.7. The molecule has 0 radical (unpaired) electrons. The Labute approximate surface area is 128 Å². The van der Waals surface area contributed by atoms with Crippen molar-refractivity contribution in [3.63, 3.8) is 0 Å². The molecule has 22 heavy (non-hydrogen) atoms. The van der Waals surface area contributed by atoms with Crippen LogP contribution in [0, 0.1) is 17.0 Å². The summed E-state index contributed by atoms with van der Waals surface area (Å²) in [5.74, 6) is 0.743. The molecule has 1 aliphatic rings. The Morgan fingerprint density at radius 2 is 2.14 bits per heavy atom. The topological polar surface area (TPSA) is 68.5 Å². The molecule has 6 nitrogen and oxygen atoms in total. The van der Waals surface area contributed by atoms with Gasteiger partial charge in [0.25, 0.3) is 5.69 Å². The highest BCUT2D eigenvalue weighted by molar-refractivity contribution is 5.44. The quantitative estimate of drug-likeness (QED) is 0.644. The number of rotatable bonds is 3. The second-order valence-electron chi connectivity index (χ2n) is 5.29. The molecule has 6 heteroatoms. The van der Waals surface area contributed by atoms with Gasteiger partial charge in [-0.3, -0.25) is 10.1 Å². The molecule has 1 saturated heterocycles. The van der Waals surface area contributed by atoms with Gasteiger partial charge in [0.15, 0.2) is 0 Å². The third kappa shape index (κ3) is 2.92. The fraction of sp³-hybridized carbons (Fsp3) is 0.312. The van der Waals surface area contributed by atoms with Gasteiger partial charge in [0, 0.05) is 19.2 Å². The molecule has 2 heterocycles. The third-order valence-electron chi connectivity index (χ3n) is 3.87. The molecule has 1 fully saturated rings. The maximum atomic E-state index is 10.7. The highest BCUT2D eigenvalue weighted by Crippen LogP contribution is 2.27. The summed E-state index contributed by atoms with van der Waals surface area (Å²) in [4.78, 5) is 16.6. The van der Waals surface area contributed by atoms with E-state index in [0.29, 0.717) is 13.2 Å². The first-order valence-corrected chi connectivity index (χ1v) is 7.17. The van der Waals surface area contributed by atoms with Gasteiger partial charge in [0.2, 0.25) is 0 Å². The van der Waals surface area contributed by atoms with Crippen LogP contribution in [-0.4, -0.2) is 29.6 Å². The Bertz CT molecular complexity index is 673. The zero-order chi connectivity index (χ0) is 15.5. The van der Waals surface area contributed by atoms with Crippen LogP contribution in [0.25, 0.3) is 0 Å². The van der Waals surface area contributed by atoms with Crippen molar-refractivity contribution in [3.8, 4) is 0 Å². The van der Waals surface area contributed by atoms with Gasteiger partial charge in [-0.1, -0.05) is 24.3 Å². The van der Waals surface area contributed by atoms with Crippen LogP contribution in [0.2, 0.25) is 0 Å². The maximum Gasteiger partial charge on any atom is 0.287 e. The van der Waals surface area contributed by atoms with Crippen molar-refractivity contribution in [3.05, 3.63) is 63.8 Å². The number of aromatic nitrogens is 1. The molecule has 0 amide bonds. The molecule has 0 N–H and O–H groups in total. The normalized spacial score (nSPS) is 18.2. The van der Waals surface area contributed by atoms with Gasteiger partial charge in [-0.15, -0.1) is 0 Å². The molecule has 2 aromatic rings. The van der Waals surface area contributed by atoms with Gasteiger partial charge in [0.1, 0.15) is 18.1 Å². The second-order valence-corrected chi connectivity index (χ2v) is 5.29. The van der Waals surface area contributed by atoms with Crippen molar-refractivity contribution < 1.29 is 9.66 Å². The van der Waals surface area contributed by atoms with Gasteiger partial charge in [-0.05, 0) is 24.1 Å². The van der Waals surface area contributed by atoms with E-state index in [2.05, 4.69) is 28.9 Å². The van der Waals surface area contributed by atoms with Crippen molar-refractivity contribution in [1.82, 2.24) is 4.98 Å². The van der Waals surface area contributed by atoms with Crippen molar-refractivity contribution in [1.29, 1.82) is 0 Å². The van der Waals surface area contributed by atoms with Gasteiger partial charge in [-0.2, -0.15) is 0 Å². The van der Waals surface area contributed by atoms with E-state index in [1.54, 1.807) is 6.07 Å². The number of nitro groups is 1. The number of nitrogens with zero attached hydrogens (tertiary/aromatic N) is 3. The number of ether oxygens (including phenoxy) is 1. The standard InChI is InChI=1S/C16H17N3O3/c1-12-4-2-3-5-14(12)15-11-18(8-9-22-15)16-7-6-13(10-17-16)19(20)21/h2-7,10,15H,8-9,11H2,1H3. The lowest BCUT2D eigenvalue weighted by Crippen LogP contribution is -2.39. The smallest absolute Gasteiger partial charge is 0.287 e. The van der Waals surface area contributed by atoms with Crippen LogP contribution in [-0.2, 0) is 4.74 Å². The number of benzene rings is 1. The van der Waals surface area contributed by atoms with Crippen LogP contribution in [0.4, 0.5) is 11.5 Å². The van der Waals surface area contributed by atoms with Crippen molar-refractivity contribution >= 4 is 11.5 Å². The summed E-state index contributed by atoms with van der Waals surface area (Å²) in [6, 6.07) is 11.3. The number of hydrogen-bond acceptors (Lipinski definition) is 5. The van der Waals surface area contributed by atoms with Crippen LogP contribution in [0.1, 0.15) is 17.2 Å². The molecule has 1 atom stereocenters. The largest absolute Gasteiger partial charge is 0.370 e. The van der Waals surface area contributed by atoms with Gasteiger partial charge in [0.05, 0.1) is 11.5 Å². The molecule has 114 valence electrons. The first-order chi connectivity index (χ1) is 10.6. The SMILES string of the molecule is Cc1ccccc1C1CN(c2ccc([N+](=O)[O-])cn2)CCO1. The van der Waals surface area contributed by atoms with E-state index in [0.717, 1.165) is 12.4 Å². The zero-order valence-corrected chi connectivity index (χ0v) is 12.3. The van der Waals surface area contributed by atoms with Crippen LogP contribution in [0.5, 0.6) is 0 Å². The fourth-order valence-corrected chi connectivity index (χ4v) is 2.67. The number of morpholine rings is 1. The lowest BCUT2D eigenvalue weighted by atomic mass is 10.0. The minimum absolute atomic E-state index is 0.00691.